The van der Waals surface area contributed by atoms with Gasteiger partial charge < -0.3 is 9.94 Å². The molecule has 1 rings (SSSR count). The Morgan fingerprint density at radius 1 is 1.05 bits per heavy atom. The third kappa shape index (κ3) is 5.88. The smallest absolute Gasteiger partial charge is 0.0859 e. The van der Waals surface area contributed by atoms with E-state index in [-0.39, 0.29) is 11.1 Å². The number of unbranched alkanes of at least 4 members (excludes halogenated alkanes) is 4. The lowest BCUT2D eigenvalue weighted by molar-refractivity contribution is -0.264. The summed E-state index contributed by atoms with van der Waals surface area (Å²) in [6.45, 7) is 13.1. The van der Waals surface area contributed by atoms with Gasteiger partial charge in [-0.05, 0) is 53.9 Å². The van der Waals surface area contributed by atoms with E-state index < -0.39 is 0 Å². The van der Waals surface area contributed by atoms with Gasteiger partial charge in [-0.2, -0.15) is 0 Å². The highest BCUT2D eigenvalue weighted by Crippen LogP contribution is 2.38. The van der Waals surface area contributed by atoms with E-state index in [1.165, 1.54) is 38.5 Å². The lowest BCUT2D eigenvalue weighted by Gasteiger charge is -2.48. The molecule has 1 fully saturated rings. The highest BCUT2D eigenvalue weighted by Gasteiger charge is 2.49. The minimum absolute atomic E-state index is 0.104. The van der Waals surface area contributed by atoms with E-state index in [0.29, 0.717) is 12.2 Å². The quantitative estimate of drug-likeness (QED) is 0.491. The number of nitrogens with zero attached hydrogens (tertiary/aromatic N) is 1. The second-order valence-electron chi connectivity index (χ2n) is 8.14. The summed E-state index contributed by atoms with van der Waals surface area (Å²) in [6, 6.07) is 0. The molecule has 1 aliphatic rings. The molecule has 0 aromatic carbocycles. The van der Waals surface area contributed by atoms with Crippen LogP contribution in [-0.2, 0) is 4.74 Å². The van der Waals surface area contributed by atoms with Crippen LogP contribution in [0.15, 0.2) is 0 Å². The molecule has 0 saturated carbocycles. The summed E-state index contributed by atoms with van der Waals surface area (Å²) in [4.78, 5) is 0. The highest BCUT2D eigenvalue weighted by molar-refractivity contribution is 4.96. The standard InChI is InChI=1S/C18H37NO2/c1-7-8-9-10-11-12-15(2)21-16-13-17(3,4)19(20)18(5,6)14-16/h15-16,20H,7-14H2,1-6H3/p+1. The van der Waals surface area contributed by atoms with Crippen molar-refractivity contribution in [2.24, 2.45) is 0 Å². The average Bonchev–Trinajstić information content (AvgIpc) is 2.35. The normalized spacial score (nSPS) is 24.1. The molecule has 0 aromatic heterocycles. The van der Waals surface area contributed by atoms with Gasteiger partial charge >= 0.3 is 0 Å². The molecule has 1 aliphatic heterocycles. The Morgan fingerprint density at radius 3 is 2.10 bits per heavy atom. The Hall–Kier alpha value is -0.120. The Labute approximate surface area is 132 Å². The maximum absolute atomic E-state index is 8.30. The predicted molar refractivity (Wildman–Crippen MR) is 90.6 cm³/mol. The van der Waals surface area contributed by atoms with E-state index in [9.17, 15) is 0 Å². The molecular weight excluding hydrogens is 262 g/mol. The molecule has 0 aliphatic carbocycles. The SMILES string of the molecule is CCCCCCCC(C)OC1CC(C)(C)N([OH2+])C(C)(C)C1. The summed E-state index contributed by atoms with van der Waals surface area (Å²) in [7, 11) is 0. The van der Waals surface area contributed by atoms with Gasteiger partial charge in [0.2, 0.25) is 0 Å². The fraction of sp³-hybridized carbons (Fsp3) is 1.00. The van der Waals surface area contributed by atoms with Gasteiger partial charge in [-0.25, -0.2) is 0 Å². The number of piperidine rings is 1. The molecule has 3 nitrogen and oxygen atoms in total. The van der Waals surface area contributed by atoms with Crippen molar-refractivity contribution in [3.63, 3.8) is 0 Å². The first kappa shape index (κ1) is 18.9. The first-order valence-corrected chi connectivity index (χ1v) is 8.86. The van der Waals surface area contributed by atoms with Crippen LogP contribution in [0.4, 0.5) is 0 Å². The van der Waals surface area contributed by atoms with Crippen LogP contribution in [0.3, 0.4) is 0 Å². The van der Waals surface area contributed by atoms with Gasteiger partial charge in [0.05, 0.1) is 23.3 Å². The molecule has 1 heterocycles. The Kier molecular flexibility index (Phi) is 7.15. The van der Waals surface area contributed by atoms with E-state index >= 15 is 0 Å². The maximum atomic E-state index is 8.30. The van der Waals surface area contributed by atoms with Gasteiger partial charge in [0.25, 0.3) is 0 Å². The first-order valence-electron chi connectivity index (χ1n) is 8.86. The summed E-state index contributed by atoms with van der Waals surface area (Å²) in [5.41, 5.74) is -0.208. The molecule has 1 atom stereocenters. The fourth-order valence-corrected chi connectivity index (χ4v) is 3.72. The first-order chi connectivity index (χ1) is 9.69. The summed E-state index contributed by atoms with van der Waals surface area (Å²) >= 11 is 0. The van der Waals surface area contributed by atoms with Crippen molar-refractivity contribution in [2.75, 3.05) is 0 Å². The summed E-state index contributed by atoms with van der Waals surface area (Å²) in [5, 5.41) is 10.1. The van der Waals surface area contributed by atoms with Crippen molar-refractivity contribution in [3.8, 4) is 0 Å². The summed E-state index contributed by atoms with van der Waals surface area (Å²) in [6.07, 6.45) is 10.4. The molecule has 1 unspecified atom stereocenters. The second-order valence-corrected chi connectivity index (χ2v) is 8.14. The van der Waals surface area contributed by atoms with Crippen LogP contribution in [0.25, 0.3) is 0 Å². The van der Waals surface area contributed by atoms with Gasteiger partial charge in [-0.3, -0.25) is 0 Å². The second kappa shape index (κ2) is 7.94. The highest BCUT2D eigenvalue weighted by atomic mass is 16.5. The minimum Gasteiger partial charge on any atom is -0.375 e. The van der Waals surface area contributed by atoms with Crippen molar-refractivity contribution in [2.45, 2.75) is 116 Å². The summed E-state index contributed by atoms with van der Waals surface area (Å²) < 4.78 is 6.31. The van der Waals surface area contributed by atoms with E-state index in [4.69, 9.17) is 9.94 Å². The van der Waals surface area contributed by atoms with E-state index in [1.807, 2.05) is 0 Å². The number of rotatable bonds is 8. The van der Waals surface area contributed by atoms with Crippen LogP contribution < -0.4 is 0 Å². The molecule has 126 valence electrons. The zero-order chi connectivity index (χ0) is 16.1. The number of hydrogen-bond acceptors (Lipinski definition) is 2. The molecular formula is C18H38NO2+. The van der Waals surface area contributed by atoms with E-state index in [2.05, 4.69) is 41.5 Å². The topological polar surface area (TPSA) is 35.4 Å². The number of ether oxygens (including phenoxy) is 1. The van der Waals surface area contributed by atoms with Crippen molar-refractivity contribution in [1.82, 2.24) is 5.06 Å². The third-order valence-corrected chi connectivity index (χ3v) is 4.80. The molecule has 0 amide bonds. The van der Waals surface area contributed by atoms with Crippen LogP contribution in [0.5, 0.6) is 0 Å². The minimum atomic E-state index is -0.104. The summed E-state index contributed by atoms with van der Waals surface area (Å²) in [5.74, 6) is 0. The predicted octanol–water partition coefficient (Wildman–Crippen LogP) is 4.41. The molecule has 3 heteroatoms. The van der Waals surface area contributed by atoms with Crippen molar-refractivity contribution >= 4 is 0 Å². The molecule has 21 heavy (non-hydrogen) atoms. The molecule has 0 radical (unpaired) electrons. The van der Waals surface area contributed by atoms with Gasteiger partial charge in [0, 0.05) is 0 Å². The van der Waals surface area contributed by atoms with Crippen LogP contribution in [-0.4, -0.2) is 33.6 Å². The number of hydrogen-bond donors (Lipinski definition) is 0. The van der Waals surface area contributed by atoms with Crippen LogP contribution in [0, 0.1) is 0 Å². The Bertz CT molecular complexity index is 284. The van der Waals surface area contributed by atoms with Gasteiger partial charge in [0.15, 0.2) is 0 Å². The zero-order valence-corrected chi connectivity index (χ0v) is 15.2. The van der Waals surface area contributed by atoms with Gasteiger partial charge in [-0.1, -0.05) is 44.1 Å². The van der Waals surface area contributed by atoms with Crippen LogP contribution in [0.2, 0.25) is 0 Å². The third-order valence-electron chi connectivity index (χ3n) is 4.80. The molecule has 0 aromatic rings. The molecule has 1 saturated heterocycles. The van der Waals surface area contributed by atoms with Gasteiger partial charge in [0.1, 0.15) is 0 Å². The average molecular weight is 301 g/mol. The zero-order valence-electron chi connectivity index (χ0n) is 15.2. The lowest BCUT2D eigenvalue weighted by atomic mass is 9.80. The molecule has 0 spiro atoms. The van der Waals surface area contributed by atoms with Crippen molar-refractivity contribution in [3.05, 3.63) is 0 Å². The van der Waals surface area contributed by atoms with Crippen molar-refractivity contribution in [1.29, 1.82) is 0 Å². The van der Waals surface area contributed by atoms with E-state index in [1.54, 1.807) is 5.06 Å². The molecule has 2 N–H and O–H groups in total. The van der Waals surface area contributed by atoms with Gasteiger partial charge in [-0.15, -0.1) is 0 Å². The number of hydroxylamine groups is 2. The largest absolute Gasteiger partial charge is 0.375 e. The maximum Gasteiger partial charge on any atom is 0.0859 e. The Balaban J connectivity index is 2.37. The van der Waals surface area contributed by atoms with Crippen LogP contribution in [0.1, 0.15) is 92.9 Å². The monoisotopic (exact) mass is 300 g/mol. The fourth-order valence-electron chi connectivity index (χ4n) is 3.72. The van der Waals surface area contributed by atoms with Crippen LogP contribution >= 0.6 is 0 Å². The lowest BCUT2D eigenvalue weighted by Crippen LogP contribution is -2.60. The molecule has 0 bridgehead atoms. The Morgan fingerprint density at radius 2 is 1.57 bits per heavy atom. The van der Waals surface area contributed by atoms with Crippen molar-refractivity contribution < 1.29 is 9.94 Å². The van der Waals surface area contributed by atoms with E-state index in [0.717, 1.165) is 12.8 Å².